The van der Waals surface area contributed by atoms with E-state index in [4.69, 9.17) is 9.47 Å². The Hall–Kier alpha value is -2.32. The molecule has 4 bridgehead atoms. The molecular formula is C26H34O8. The highest BCUT2D eigenvalue weighted by molar-refractivity contribution is 6.14. The van der Waals surface area contributed by atoms with Gasteiger partial charge >= 0.3 is 17.9 Å². The number of fused-ring (bicyclic) bond motifs is 1. The van der Waals surface area contributed by atoms with Gasteiger partial charge in [-0.15, -0.1) is 0 Å². The molecule has 6 atom stereocenters. The molecular weight excluding hydrogens is 440 g/mol. The third-order valence-electron chi connectivity index (χ3n) is 8.04. The zero-order chi connectivity index (χ0) is 24.8. The Morgan fingerprint density at radius 2 is 1.88 bits per heavy atom. The zero-order valence-electron chi connectivity index (χ0n) is 20.1. The van der Waals surface area contributed by atoms with Crippen LogP contribution in [0.1, 0.15) is 78.6 Å². The van der Waals surface area contributed by atoms with E-state index in [0.29, 0.717) is 24.8 Å². The molecule has 0 aromatic rings. The smallest absolute Gasteiger partial charge is 0.343 e. The van der Waals surface area contributed by atoms with Crippen molar-refractivity contribution in [1.82, 2.24) is 0 Å². The average Bonchev–Trinajstić information content (AvgIpc) is 3.12. The summed E-state index contributed by atoms with van der Waals surface area (Å²) in [5, 5.41) is 22.1. The largest absolute Gasteiger partial charge is 0.428 e. The van der Waals surface area contributed by atoms with E-state index in [9.17, 15) is 29.4 Å². The summed E-state index contributed by atoms with van der Waals surface area (Å²) < 4.78 is 10.5. The standard InChI is InChI=1S/C26H34O8/c1-4-6-7-8-10-15-14(11-18(28)17(27)9-5-2)12-19-25(3)13-16-20(23(30)33-22(16)29)21(15)26(19,32)34-24(25)31/h12,14-15,17,21,27,32H,4-11,13H2,1-3H3. The molecule has 0 amide bonds. The lowest BCUT2D eigenvalue weighted by Gasteiger charge is -2.44. The number of hydrogen-bond acceptors (Lipinski definition) is 8. The third kappa shape index (κ3) is 3.75. The number of Topliss-reactive ketones (excluding diaryl/α,β-unsaturated/α-hetero) is 1. The molecule has 2 aliphatic heterocycles. The number of aliphatic hydroxyl groups excluding tert-OH is 1. The molecule has 0 radical (unpaired) electrons. The van der Waals surface area contributed by atoms with Crippen LogP contribution in [0.25, 0.3) is 0 Å². The van der Waals surface area contributed by atoms with E-state index < -0.39 is 53.0 Å². The topological polar surface area (TPSA) is 127 Å². The third-order valence-corrected chi connectivity index (χ3v) is 8.04. The molecule has 34 heavy (non-hydrogen) atoms. The van der Waals surface area contributed by atoms with Crippen LogP contribution in [0.3, 0.4) is 0 Å². The van der Waals surface area contributed by atoms with Gasteiger partial charge in [0.15, 0.2) is 5.78 Å². The monoisotopic (exact) mass is 474 g/mol. The number of carbonyl (C=O) groups is 4. The molecule has 0 saturated carbocycles. The molecule has 2 aliphatic carbocycles. The van der Waals surface area contributed by atoms with Crippen molar-refractivity contribution >= 4 is 23.7 Å². The van der Waals surface area contributed by atoms with E-state index in [2.05, 4.69) is 6.92 Å². The highest BCUT2D eigenvalue weighted by Crippen LogP contribution is 2.62. The van der Waals surface area contributed by atoms with Gasteiger partial charge in [-0.3, -0.25) is 9.59 Å². The molecule has 4 aliphatic rings. The van der Waals surface area contributed by atoms with Crippen molar-refractivity contribution in [3.63, 3.8) is 0 Å². The fourth-order valence-electron chi connectivity index (χ4n) is 6.27. The number of unbranched alkanes of at least 4 members (excludes halogenated alkanes) is 3. The van der Waals surface area contributed by atoms with Crippen LogP contribution < -0.4 is 0 Å². The summed E-state index contributed by atoms with van der Waals surface area (Å²) in [4.78, 5) is 51.3. The van der Waals surface area contributed by atoms with Crippen molar-refractivity contribution in [2.45, 2.75) is 90.4 Å². The first kappa shape index (κ1) is 24.8. The highest BCUT2D eigenvalue weighted by atomic mass is 16.7. The number of allylic oxidation sites excluding steroid dienone is 1. The van der Waals surface area contributed by atoms with Crippen LogP contribution in [0, 0.1) is 23.2 Å². The number of ketones is 1. The molecule has 2 N–H and O–H groups in total. The van der Waals surface area contributed by atoms with E-state index in [-0.39, 0.29) is 29.8 Å². The first-order chi connectivity index (χ1) is 16.1. The molecule has 0 aromatic heterocycles. The first-order valence-electron chi connectivity index (χ1n) is 12.5. The van der Waals surface area contributed by atoms with Crippen LogP contribution in [0.4, 0.5) is 0 Å². The number of cyclic esters (lactones) is 2. The van der Waals surface area contributed by atoms with E-state index in [0.717, 1.165) is 25.7 Å². The fraction of sp³-hybridized carbons (Fsp3) is 0.692. The summed E-state index contributed by atoms with van der Waals surface area (Å²) in [5.41, 5.74) is -0.851. The van der Waals surface area contributed by atoms with Crippen LogP contribution in [0.15, 0.2) is 22.8 Å². The summed E-state index contributed by atoms with van der Waals surface area (Å²) in [7, 11) is 0. The van der Waals surface area contributed by atoms with Crippen LogP contribution in [0.2, 0.25) is 0 Å². The number of esters is 3. The van der Waals surface area contributed by atoms with E-state index in [1.54, 1.807) is 13.0 Å². The summed E-state index contributed by atoms with van der Waals surface area (Å²) in [5.74, 6) is -6.51. The van der Waals surface area contributed by atoms with Gasteiger partial charge in [0.1, 0.15) is 6.10 Å². The van der Waals surface area contributed by atoms with Crippen molar-refractivity contribution < 1.29 is 38.9 Å². The predicted octanol–water partition coefficient (Wildman–Crippen LogP) is 2.90. The van der Waals surface area contributed by atoms with Crippen molar-refractivity contribution in [2.24, 2.45) is 23.2 Å². The van der Waals surface area contributed by atoms with Gasteiger partial charge < -0.3 is 19.7 Å². The van der Waals surface area contributed by atoms with Crippen molar-refractivity contribution in [3.8, 4) is 0 Å². The van der Waals surface area contributed by atoms with Gasteiger partial charge in [-0.25, -0.2) is 9.59 Å². The van der Waals surface area contributed by atoms with Gasteiger partial charge in [-0.1, -0.05) is 52.0 Å². The number of ether oxygens (including phenoxy) is 2. The maximum absolute atomic E-state index is 13.0. The van der Waals surface area contributed by atoms with Gasteiger partial charge in [-0.05, 0) is 38.0 Å². The Morgan fingerprint density at radius 1 is 1.15 bits per heavy atom. The van der Waals surface area contributed by atoms with E-state index in [1.165, 1.54) is 0 Å². The van der Waals surface area contributed by atoms with Crippen LogP contribution >= 0.6 is 0 Å². The molecule has 8 nitrogen and oxygen atoms in total. The molecule has 8 heteroatoms. The second kappa shape index (κ2) is 9.04. The Labute approximate surface area is 199 Å². The Bertz CT molecular complexity index is 977. The first-order valence-corrected chi connectivity index (χ1v) is 12.5. The van der Waals surface area contributed by atoms with Gasteiger partial charge in [-0.2, -0.15) is 0 Å². The van der Waals surface area contributed by atoms with Crippen molar-refractivity contribution in [3.05, 3.63) is 22.8 Å². The number of carbonyl (C=O) groups excluding carboxylic acids is 4. The maximum Gasteiger partial charge on any atom is 0.343 e. The molecule has 4 rings (SSSR count). The molecule has 1 saturated heterocycles. The summed E-state index contributed by atoms with van der Waals surface area (Å²) in [6, 6.07) is 0. The fourth-order valence-corrected chi connectivity index (χ4v) is 6.27. The molecule has 2 heterocycles. The summed E-state index contributed by atoms with van der Waals surface area (Å²) in [6.07, 6.45) is 5.91. The minimum atomic E-state index is -2.07. The van der Waals surface area contributed by atoms with Crippen LogP contribution in [0.5, 0.6) is 0 Å². The minimum Gasteiger partial charge on any atom is -0.428 e. The molecule has 0 aromatic carbocycles. The zero-order valence-corrected chi connectivity index (χ0v) is 20.1. The number of hydrogen-bond donors (Lipinski definition) is 2. The van der Waals surface area contributed by atoms with E-state index in [1.807, 2.05) is 6.92 Å². The molecule has 0 spiro atoms. The predicted molar refractivity (Wildman–Crippen MR) is 120 cm³/mol. The SMILES string of the molecule is CCCCCCC1C(CC(=O)C(O)CCC)C=C2C3(C)CC4=C(C(=O)OC4=O)C1C2(O)OC3=O. The van der Waals surface area contributed by atoms with Gasteiger partial charge in [0.2, 0.25) is 5.79 Å². The van der Waals surface area contributed by atoms with Gasteiger partial charge in [0.05, 0.1) is 22.5 Å². The van der Waals surface area contributed by atoms with Crippen LogP contribution in [-0.2, 0) is 28.7 Å². The van der Waals surface area contributed by atoms with Gasteiger partial charge in [0, 0.05) is 12.0 Å². The lowest BCUT2D eigenvalue weighted by molar-refractivity contribution is -0.205. The quantitative estimate of drug-likeness (QED) is 0.214. The Kier molecular flexibility index (Phi) is 6.59. The Balaban J connectivity index is 1.82. The molecule has 186 valence electrons. The second-order valence-electron chi connectivity index (χ2n) is 10.4. The maximum atomic E-state index is 13.0. The summed E-state index contributed by atoms with van der Waals surface area (Å²) >= 11 is 0. The minimum absolute atomic E-state index is 0.0194. The molecule has 6 unspecified atom stereocenters. The van der Waals surface area contributed by atoms with Gasteiger partial charge in [0.25, 0.3) is 0 Å². The second-order valence-corrected chi connectivity index (χ2v) is 10.4. The lowest BCUT2D eigenvalue weighted by Crippen LogP contribution is -2.50. The normalized spacial score (nSPS) is 34.9. The summed E-state index contributed by atoms with van der Waals surface area (Å²) in [6.45, 7) is 5.57. The lowest BCUT2D eigenvalue weighted by atomic mass is 9.62. The average molecular weight is 475 g/mol. The van der Waals surface area contributed by atoms with E-state index >= 15 is 0 Å². The molecule has 1 fully saturated rings. The number of aliphatic hydroxyl groups is 2. The Morgan fingerprint density at radius 3 is 2.56 bits per heavy atom. The van der Waals surface area contributed by atoms with Crippen molar-refractivity contribution in [1.29, 1.82) is 0 Å². The van der Waals surface area contributed by atoms with Crippen molar-refractivity contribution in [2.75, 3.05) is 0 Å². The number of rotatable bonds is 10. The highest BCUT2D eigenvalue weighted by Gasteiger charge is 2.70. The van der Waals surface area contributed by atoms with Crippen LogP contribution in [-0.4, -0.2) is 45.8 Å².